The van der Waals surface area contributed by atoms with Gasteiger partial charge in [-0.3, -0.25) is 0 Å². The van der Waals surface area contributed by atoms with Gasteiger partial charge in [-0.15, -0.1) is 0 Å². The maximum absolute atomic E-state index is 2.44. The second-order valence-corrected chi connectivity index (χ2v) is 8.68. The molecule has 0 spiro atoms. The van der Waals surface area contributed by atoms with Crippen molar-refractivity contribution in [3.05, 3.63) is 59.3 Å². The van der Waals surface area contributed by atoms with Crippen LogP contribution in [-0.2, 0) is 0 Å². The van der Waals surface area contributed by atoms with Crippen molar-refractivity contribution >= 4 is 0 Å². The molecular weight excluding hydrogens is 326 g/mol. The molecule has 0 aliphatic rings. The number of allylic oxidation sites excluding steroid dienone is 3. The van der Waals surface area contributed by atoms with Crippen LogP contribution in [0.15, 0.2) is 53.8 Å². The zero-order chi connectivity index (χ0) is 20.4. The molecule has 0 amide bonds. The van der Waals surface area contributed by atoms with Gasteiger partial charge >= 0.3 is 0 Å². The monoisotopic (exact) mass is 369 g/mol. The predicted molar refractivity (Wildman–Crippen MR) is 122 cm³/mol. The van der Waals surface area contributed by atoms with E-state index < -0.39 is 0 Å². The van der Waals surface area contributed by atoms with Gasteiger partial charge in [-0.1, -0.05) is 83.9 Å². The summed E-state index contributed by atoms with van der Waals surface area (Å²) in [7, 11) is 2.20. The fourth-order valence-electron chi connectivity index (χ4n) is 4.49. The zero-order valence-electron chi connectivity index (χ0n) is 19.1. The highest BCUT2D eigenvalue weighted by atomic mass is 15.1. The molecule has 0 heterocycles. The minimum atomic E-state index is 0.556. The molecule has 1 aromatic rings. The molecule has 3 atom stereocenters. The van der Waals surface area contributed by atoms with Gasteiger partial charge < -0.3 is 4.90 Å². The summed E-state index contributed by atoms with van der Waals surface area (Å²) in [6.07, 6.45) is 8.55. The first-order chi connectivity index (χ1) is 12.8. The second kappa shape index (κ2) is 12.1. The van der Waals surface area contributed by atoms with E-state index in [4.69, 9.17) is 0 Å². The molecule has 152 valence electrons. The van der Waals surface area contributed by atoms with E-state index in [1.807, 2.05) is 0 Å². The maximum Gasteiger partial charge on any atom is 0.0192 e. The molecule has 1 rings (SSSR count). The standard InChI is InChI=1S/C26H43N/c1-9-11-17-26(22(6)24-15-13-12-14-16-24)23(7)25(10-2)21(5)19-27(8)18-20(3)4/h10,12-16,19-20,22-23,26H,9,11,17-18H2,1-8H3/b21-19-,25-10?. The first-order valence-electron chi connectivity index (χ1n) is 10.9. The van der Waals surface area contributed by atoms with Crippen LogP contribution in [0, 0.1) is 17.8 Å². The highest BCUT2D eigenvalue weighted by molar-refractivity contribution is 5.32. The van der Waals surface area contributed by atoms with Crippen molar-refractivity contribution in [2.24, 2.45) is 17.8 Å². The van der Waals surface area contributed by atoms with Crippen LogP contribution in [0.5, 0.6) is 0 Å². The van der Waals surface area contributed by atoms with Gasteiger partial charge in [0.1, 0.15) is 0 Å². The summed E-state index contributed by atoms with van der Waals surface area (Å²) in [6.45, 7) is 17.3. The Labute approximate surface area is 169 Å². The number of hydrogen-bond acceptors (Lipinski definition) is 1. The number of nitrogens with zero attached hydrogens (tertiary/aromatic N) is 1. The number of rotatable bonds is 11. The molecule has 0 aliphatic carbocycles. The molecule has 0 fully saturated rings. The van der Waals surface area contributed by atoms with Crippen LogP contribution >= 0.6 is 0 Å². The summed E-state index contributed by atoms with van der Waals surface area (Å²) < 4.78 is 0. The third-order valence-corrected chi connectivity index (χ3v) is 5.82. The topological polar surface area (TPSA) is 3.24 Å². The zero-order valence-corrected chi connectivity index (χ0v) is 19.1. The van der Waals surface area contributed by atoms with E-state index in [1.54, 1.807) is 0 Å². The summed E-state index contributed by atoms with van der Waals surface area (Å²) in [4.78, 5) is 2.35. The lowest BCUT2D eigenvalue weighted by Crippen LogP contribution is -2.22. The highest BCUT2D eigenvalue weighted by Gasteiger charge is 2.27. The number of hydrogen-bond donors (Lipinski definition) is 0. The Kier molecular flexibility index (Phi) is 10.5. The minimum absolute atomic E-state index is 0.556. The van der Waals surface area contributed by atoms with Crippen LogP contribution in [0.25, 0.3) is 0 Å². The van der Waals surface area contributed by atoms with E-state index in [9.17, 15) is 0 Å². The SMILES string of the molecule is CC=C(/C(C)=C\N(C)CC(C)C)C(C)C(CCCC)C(C)c1ccccc1. The van der Waals surface area contributed by atoms with Gasteiger partial charge in [0.15, 0.2) is 0 Å². The molecule has 1 aromatic carbocycles. The van der Waals surface area contributed by atoms with Crippen molar-refractivity contribution in [3.8, 4) is 0 Å². The Morgan fingerprint density at radius 1 is 1.07 bits per heavy atom. The van der Waals surface area contributed by atoms with Crippen LogP contribution < -0.4 is 0 Å². The predicted octanol–water partition coefficient (Wildman–Crippen LogP) is 7.67. The molecule has 0 saturated heterocycles. The highest BCUT2D eigenvalue weighted by Crippen LogP contribution is 2.39. The number of unbranched alkanes of at least 4 members (excludes halogenated alkanes) is 1. The van der Waals surface area contributed by atoms with Gasteiger partial charge in [-0.2, -0.15) is 0 Å². The quantitative estimate of drug-likeness (QED) is 0.362. The van der Waals surface area contributed by atoms with Crippen LogP contribution in [-0.4, -0.2) is 18.5 Å². The molecule has 3 unspecified atom stereocenters. The van der Waals surface area contributed by atoms with E-state index in [0.717, 1.165) is 6.54 Å². The van der Waals surface area contributed by atoms with E-state index >= 15 is 0 Å². The largest absolute Gasteiger partial charge is 0.380 e. The molecule has 0 N–H and O–H groups in total. The fraction of sp³-hybridized carbons (Fsp3) is 0.615. The first kappa shape index (κ1) is 23.5. The Hall–Kier alpha value is -1.50. The molecule has 0 saturated carbocycles. The van der Waals surface area contributed by atoms with Gasteiger partial charge in [0.05, 0.1) is 0 Å². The molecular formula is C26H43N. The molecule has 0 bridgehead atoms. The molecule has 0 aromatic heterocycles. The molecule has 0 aliphatic heterocycles. The molecule has 1 heteroatoms. The first-order valence-corrected chi connectivity index (χ1v) is 10.9. The van der Waals surface area contributed by atoms with Crippen molar-refractivity contribution in [1.29, 1.82) is 0 Å². The summed E-state index contributed by atoms with van der Waals surface area (Å²) >= 11 is 0. The van der Waals surface area contributed by atoms with Gasteiger partial charge in [0, 0.05) is 19.8 Å². The molecule has 0 radical (unpaired) electrons. The third kappa shape index (κ3) is 7.56. The van der Waals surface area contributed by atoms with E-state index in [1.165, 1.54) is 36.0 Å². The summed E-state index contributed by atoms with van der Waals surface area (Å²) in [5.41, 5.74) is 4.39. The van der Waals surface area contributed by atoms with Gasteiger partial charge in [-0.25, -0.2) is 0 Å². The van der Waals surface area contributed by atoms with Crippen molar-refractivity contribution in [1.82, 2.24) is 4.90 Å². The van der Waals surface area contributed by atoms with E-state index in [-0.39, 0.29) is 0 Å². The fourth-order valence-corrected chi connectivity index (χ4v) is 4.49. The Morgan fingerprint density at radius 2 is 1.70 bits per heavy atom. The summed E-state index contributed by atoms with van der Waals surface area (Å²) in [6, 6.07) is 11.1. The summed E-state index contributed by atoms with van der Waals surface area (Å²) in [5.74, 6) is 2.47. The average molecular weight is 370 g/mol. The number of benzene rings is 1. The Bertz CT molecular complexity index is 581. The maximum atomic E-state index is 2.44. The third-order valence-electron chi connectivity index (χ3n) is 5.82. The van der Waals surface area contributed by atoms with Gasteiger partial charge in [0.2, 0.25) is 0 Å². The van der Waals surface area contributed by atoms with Crippen molar-refractivity contribution in [3.63, 3.8) is 0 Å². The van der Waals surface area contributed by atoms with Gasteiger partial charge in [-0.05, 0) is 60.6 Å². The van der Waals surface area contributed by atoms with E-state index in [0.29, 0.717) is 23.7 Å². The van der Waals surface area contributed by atoms with Crippen LogP contribution in [0.1, 0.15) is 79.2 Å². The average Bonchev–Trinajstić information content (AvgIpc) is 2.62. The second-order valence-electron chi connectivity index (χ2n) is 8.68. The molecule has 1 nitrogen and oxygen atoms in total. The Balaban J connectivity index is 3.07. The van der Waals surface area contributed by atoms with Crippen molar-refractivity contribution in [2.75, 3.05) is 13.6 Å². The smallest absolute Gasteiger partial charge is 0.0192 e. The lowest BCUT2D eigenvalue weighted by Gasteiger charge is -2.33. The summed E-state index contributed by atoms with van der Waals surface area (Å²) in [5, 5.41) is 0. The van der Waals surface area contributed by atoms with Crippen molar-refractivity contribution in [2.45, 2.75) is 73.6 Å². The van der Waals surface area contributed by atoms with Crippen LogP contribution in [0.4, 0.5) is 0 Å². The lowest BCUT2D eigenvalue weighted by molar-refractivity contribution is 0.317. The molecule has 27 heavy (non-hydrogen) atoms. The Morgan fingerprint density at radius 3 is 2.22 bits per heavy atom. The van der Waals surface area contributed by atoms with Crippen molar-refractivity contribution < 1.29 is 0 Å². The van der Waals surface area contributed by atoms with Gasteiger partial charge in [0.25, 0.3) is 0 Å². The lowest BCUT2D eigenvalue weighted by atomic mass is 9.72. The van der Waals surface area contributed by atoms with E-state index in [2.05, 4.69) is 103 Å². The van der Waals surface area contributed by atoms with Crippen LogP contribution in [0.2, 0.25) is 0 Å². The normalized spacial score (nSPS) is 16.3. The van der Waals surface area contributed by atoms with Crippen LogP contribution in [0.3, 0.4) is 0 Å². The minimum Gasteiger partial charge on any atom is -0.380 e.